The molecule has 1 atom stereocenters. The minimum atomic E-state index is 0.0834. The van der Waals surface area contributed by atoms with Crippen molar-refractivity contribution in [1.29, 1.82) is 0 Å². The van der Waals surface area contributed by atoms with Gasteiger partial charge < -0.3 is 5.73 Å². The monoisotopic (exact) mass is 225 g/mol. The van der Waals surface area contributed by atoms with Gasteiger partial charge in [0.05, 0.1) is 0 Å². The van der Waals surface area contributed by atoms with Crippen LogP contribution in [0.3, 0.4) is 0 Å². The third-order valence-electron chi connectivity index (χ3n) is 2.93. The van der Waals surface area contributed by atoms with E-state index in [9.17, 15) is 4.79 Å². The van der Waals surface area contributed by atoms with Crippen LogP contribution in [0.25, 0.3) is 0 Å². The van der Waals surface area contributed by atoms with Gasteiger partial charge in [0.2, 0.25) is 0 Å². The zero-order valence-electron chi connectivity index (χ0n) is 10.5. The van der Waals surface area contributed by atoms with E-state index in [4.69, 9.17) is 5.73 Å². The highest BCUT2D eigenvalue weighted by atomic mass is 16.1. The summed E-state index contributed by atoms with van der Waals surface area (Å²) in [7, 11) is 0. The van der Waals surface area contributed by atoms with Gasteiger partial charge in [0, 0.05) is 31.0 Å². The maximum absolute atomic E-state index is 11.9. The predicted molar refractivity (Wildman–Crippen MR) is 66.6 cm³/mol. The van der Waals surface area contributed by atoms with Crippen LogP contribution < -0.4 is 11.4 Å². The number of hydrogen-bond acceptors (Lipinski definition) is 2. The SMILES string of the molecule is CCC(N)CCCn1ccn(C(C)C)c1=O. The van der Waals surface area contributed by atoms with Crippen LogP contribution in [0.2, 0.25) is 0 Å². The van der Waals surface area contributed by atoms with E-state index >= 15 is 0 Å². The molecular weight excluding hydrogens is 202 g/mol. The lowest BCUT2D eigenvalue weighted by Gasteiger charge is -2.08. The molecule has 0 bridgehead atoms. The number of rotatable bonds is 6. The van der Waals surface area contributed by atoms with Gasteiger partial charge in [-0.15, -0.1) is 0 Å². The Labute approximate surface area is 97.1 Å². The van der Waals surface area contributed by atoms with Crippen molar-refractivity contribution in [3.63, 3.8) is 0 Å². The number of hydrogen-bond donors (Lipinski definition) is 1. The van der Waals surface area contributed by atoms with Crippen molar-refractivity contribution in [3.05, 3.63) is 22.9 Å². The quantitative estimate of drug-likeness (QED) is 0.802. The standard InChI is InChI=1S/C12H23N3O/c1-4-11(13)6-5-7-14-8-9-15(10(2)3)12(14)16/h8-11H,4-7,13H2,1-3H3. The average molecular weight is 225 g/mol. The molecule has 1 unspecified atom stereocenters. The zero-order chi connectivity index (χ0) is 12.1. The highest BCUT2D eigenvalue weighted by Crippen LogP contribution is 2.02. The lowest BCUT2D eigenvalue weighted by Crippen LogP contribution is -2.26. The van der Waals surface area contributed by atoms with Crippen LogP contribution >= 0.6 is 0 Å². The predicted octanol–water partition coefficient (Wildman–Crippen LogP) is 1.75. The highest BCUT2D eigenvalue weighted by Gasteiger charge is 2.06. The van der Waals surface area contributed by atoms with Crippen LogP contribution in [0.5, 0.6) is 0 Å². The van der Waals surface area contributed by atoms with Crippen LogP contribution in [-0.2, 0) is 6.54 Å². The van der Waals surface area contributed by atoms with Crippen molar-refractivity contribution in [2.75, 3.05) is 0 Å². The van der Waals surface area contributed by atoms with Gasteiger partial charge in [-0.1, -0.05) is 6.92 Å². The second kappa shape index (κ2) is 5.89. The van der Waals surface area contributed by atoms with E-state index in [0.717, 1.165) is 25.8 Å². The smallest absolute Gasteiger partial charge is 0.328 e. The van der Waals surface area contributed by atoms with E-state index in [2.05, 4.69) is 6.92 Å². The Bertz CT molecular complexity index is 365. The topological polar surface area (TPSA) is 52.9 Å². The van der Waals surface area contributed by atoms with Crippen molar-refractivity contribution >= 4 is 0 Å². The molecule has 0 saturated heterocycles. The Morgan fingerprint density at radius 1 is 1.38 bits per heavy atom. The molecule has 4 nitrogen and oxygen atoms in total. The molecule has 2 N–H and O–H groups in total. The first-order valence-corrected chi connectivity index (χ1v) is 6.09. The lowest BCUT2D eigenvalue weighted by atomic mass is 10.1. The summed E-state index contributed by atoms with van der Waals surface area (Å²) in [5, 5.41) is 0. The molecule has 0 aliphatic rings. The molecule has 92 valence electrons. The van der Waals surface area contributed by atoms with Crippen molar-refractivity contribution in [2.45, 2.75) is 58.7 Å². The fourth-order valence-electron chi connectivity index (χ4n) is 1.72. The van der Waals surface area contributed by atoms with Crippen molar-refractivity contribution in [2.24, 2.45) is 5.73 Å². The van der Waals surface area contributed by atoms with Gasteiger partial charge in [-0.2, -0.15) is 0 Å². The number of aryl methyl sites for hydroxylation is 1. The summed E-state index contributed by atoms with van der Waals surface area (Å²) < 4.78 is 3.52. The molecule has 0 radical (unpaired) electrons. The molecule has 0 saturated carbocycles. The second-order valence-corrected chi connectivity index (χ2v) is 4.59. The summed E-state index contributed by atoms with van der Waals surface area (Å²) in [4.78, 5) is 11.9. The first kappa shape index (κ1) is 13.0. The zero-order valence-corrected chi connectivity index (χ0v) is 10.5. The molecular formula is C12H23N3O. The van der Waals surface area contributed by atoms with E-state index in [1.165, 1.54) is 0 Å². The van der Waals surface area contributed by atoms with Gasteiger partial charge in [-0.25, -0.2) is 4.79 Å². The highest BCUT2D eigenvalue weighted by molar-refractivity contribution is 4.83. The summed E-state index contributed by atoms with van der Waals surface area (Å²) in [5.74, 6) is 0. The molecule has 0 aromatic carbocycles. The molecule has 0 aliphatic carbocycles. The molecule has 0 amide bonds. The summed E-state index contributed by atoms with van der Waals surface area (Å²) in [6.07, 6.45) is 6.67. The fourth-order valence-corrected chi connectivity index (χ4v) is 1.72. The van der Waals surface area contributed by atoms with E-state index in [1.807, 2.05) is 26.2 Å². The van der Waals surface area contributed by atoms with Gasteiger partial charge in [0.15, 0.2) is 0 Å². The first-order valence-electron chi connectivity index (χ1n) is 6.09. The van der Waals surface area contributed by atoms with E-state index in [0.29, 0.717) is 0 Å². The van der Waals surface area contributed by atoms with Gasteiger partial charge in [-0.3, -0.25) is 9.13 Å². The van der Waals surface area contributed by atoms with Crippen LogP contribution in [0, 0.1) is 0 Å². The van der Waals surface area contributed by atoms with Gasteiger partial charge in [0.25, 0.3) is 0 Å². The van der Waals surface area contributed by atoms with Crippen molar-refractivity contribution in [1.82, 2.24) is 9.13 Å². The third-order valence-corrected chi connectivity index (χ3v) is 2.93. The Hall–Kier alpha value is -1.03. The summed E-state index contributed by atoms with van der Waals surface area (Å²) in [5.41, 5.74) is 5.92. The number of nitrogens with two attached hydrogens (primary N) is 1. The molecule has 0 spiro atoms. The summed E-state index contributed by atoms with van der Waals surface area (Å²) >= 11 is 0. The van der Waals surface area contributed by atoms with Crippen molar-refractivity contribution in [3.8, 4) is 0 Å². The Morgan fingerprint density at radius 3 is 2.56 bits per heavy atom. The minimum Gasteiger partial charge on any atom is -0.328 e. The molecule has 1 aromatic rings. The van der Waals surface area contributed by atoms with Crippen LogP contribution in [0.1, 0.15) is 46.1 Å². The van der Waals surface area contributed by atoms with Crippen LogP contribution in [0.4, 0.5) is 0 Å². The molecule has 4 heteroatoms. The Morgan fingerprint density at radius 2 is 2.06 bits per heavy atom. The van der Waals surface area contributed by atoms with Crippen molar-refractivity contribution < 1.29 is 0 Å². The maximum Gasteiger partial charge on any atom is 0.328 e. The van der Waals surface area contributed by atoms with E-state index in [1.54, 1.807) is 9.13 Å². The molecule has 16 heavy (non-hydrogen) atoms. The van der Waals surface area contributed by atoms with Gasteiger partial charge in [-0.05, 0) is 33.1 Å². The number of imidazole rings is 1. The number of aromatic nitrogens is 2. The molecule has 1 heterocycles. The average Bonchev–Trinajstić information content (AvgIpc) is 2.60. The van der Waals surface area contributed by atoms with Gasteiger partial charge in [0.1, 0.15) is 0 Å². The van der Waals surface area contributed by atoms with Crippen LogP contribution in [-0.4, -0.2) is 15.2 Å². The molecule has 0 fully saturated rings. The molecule has 1 aromatic heterocycles. The Kier molecular flexibility index (Phi) is 4.80. The maximum atomic E-state index is 11.9. The molecule has 0 aliphatic heterocycles. The van der Waals surface area contributed by atoms with Gasteiger partial charge >= 0.3 is 5.69 Å². The fraction of sp³-hybridized carbons (Fsp3) is 0.750. The molecule has 1 rings (SSSR count). The third kappa shape index (κ3) is 3.23. The summed E-state index contributed by atoms with van der Waals surface area (Å²) in [6.45, 7) is 6.88. The summed E-state index contributed by atoms with van der Waals surface area (Å²) in [6, 6.07) is 0.495. The number of nitrogens with zero attached hydrogens (tertiary/aromatic N) is 2. The first-order chi connectivity index (χ1) is 7.56. The largest absolute Gasteiger partial charge is 0.328 e. The lowest BCUT2D eigenvalue weighted by molar-refractivity contribution is 0.502. The minimum absolute atomic E-state index is 0.0834. The van der Waals surface area contributed by atoms with E-state index in [-0.39, 0.29) is 17.8 Å². The van der Waals surface area contributed by atoms with E-state index < -0.39 is 0 Å². The van der Waals surface area contributed by atoms with Crippen LogP contribution in [0.15, 0.2) is 17.2 Å². The normalized spacial score (nSPS) is 13.3. The Balaban J connectivity index is 2.52. The second-order valence-electron chi connectivity index (χ2n) is 4.59.